The zero-order valence-corrected chi connectivity index (χ0v) is 14.8. The first-order valence-corrected chi connectivity index (χ1v) is 8.02. The average molecular weight is 398 g/mol. The molecule has 1 aromatic carbocycles. The molecule has 0 aliphatic carbocycles. The summed E-state index contributed by atoms with van der Waals surface area (Å²) in [5.74, 6) is -6.64. The number of hydrogen-bond acceptors (Lipinski definition) is 5. The first kappa shape index (κ1) is 22.5. The molecule has 2 amide bonds. The van der Waals surface area contributed by atoms with Crippen LogP contribution in [0, 0.1) is 5.82 Å². The first-order valence-electron chi connectivity index (χ1n) is 8.02. The largest absolute Gasteiger partial charge is 0.481 e. The fraction of sp³-hybridized carbons (Fsp3) is 0.353. The van der Waals surface area contributed by atoms with Crippen LogP contribution in [0.25, 0.3) is 0 Å². The Morgan fingerprint density at radius 2 is 1.61 bits per heavy atom. The third kappa shape index (κ3) is 6.67. The van der Waals surface area contributed by atoms with Gasteiger partial charge < -0.3 is 25.5 Å². The van der Waals surface area contributed by atoms with E-state index in [0.29, 0.717) is 4.90 Å². The van der Waals surface area contributed by atoms with Gasteiger partial charge in [0, 0.05) is 19.0 Å². The van der Waals surface area contributed by atoms with E-state index in [2.05, 4.69) is 5.32 Å². The number of rotatable bonds is 10. The molecule has 0 bridgehead atoms. The van der Waals surface area contributed by atoms with Gasteiger partial charge >= 0.3 is 17.9 Å². The first-order chi connectivity index (χ1) is 13.0. The fourth-order valence-electron chi connectivity index (χ4n) is 2.36. The Morgan fingerprint density at radius 1 is 1.04 bits per heavy atom. The molecule has 0 fully saturated rings. The van der Waals surface area contributed by atoms with Crippen LogP contribution in [0.3, 0.4) is 0 Å². The van der Waals surface area contributed by atoms with E-state index in [1.807, 2.05) is 0 Å². The number of carbonyl (C=O) groups excluding carboxylic acids is 2. The van der Waals surface area contributed by atoms with Crippen molar-refractivity contribution in [3.05, 3.63) is 35.6 Å². The second-order valence-corrected chi connectivity index (χ2v) is 5.87. The lowest BCUT2D eigenvalue weighted by molar-refractivity contribution is -0.151. The summed E-state index contributed by atoms with van der Waals surface area (Å²) in [6, 6.07) is 1.13. The van der Waals surface area contributed by atoms with Crippen LogP contribution >= 0.6 is 0 Å². The van der Waals surface area contributed by atoms with Crippen molar-refractivity contribution in [1.82, 2.24) is 10.2 Å². The maximum atomic E-state index is 12.9. The van der Waals surface area contributed by atoms with Gasteiger partial charge in [-0.25, -0.2) is 9.18 Å². The van der Waals surface area contributed by atoms with Crippen LogP contribution in [0.2, 0.25) is 0 Å². The molecule has 0 radical (unpaired) electrons. The molecule has 0 saturated heterocycles. The molecule has 0 saturated carbocycles. The third-order valence-corrected chi connectivity index (χ3v) is 3.82. The number of amides is 2. The van der Waals surface area contributed by atoms with Gasteiger partial charge in [0.25, 0.3) is 5.91 Å². The summed E-state index contributed by atoms with van der Waals surface area (Å²) >= 11 is 0. The summed E-state index contributed by atoms with van der Waals surface area (Å²) in [7, 11) is 1.07. The molecular formula is C17H19FN2O8. The molecule has 0 unspecified atom stereocenters. The number of benzene rings is 1. The average Bonchev–Trinajstić information content (AvgIpc) is 2.60. The van der Waals surface area contributed by atoms with Crippen molar-refractivity contribution >= 4 is 29.7 Å². The molecular weight excluding hydrogens is 379 g/mol. The standard InChI is InChI=1S/C17H19FN2O8/c1-20(12(17(27)28)6-7-13(21)22)16(26)11(8-14(23)24)19-15(25)9-2-4-10(18)5-3-9/h2-5,11-12H,6-8H2,1H3,(H,19,25)(H,21,22)(H,23,24)(H,27,28)/t11-,12-/m0/s1. The molecule has 2 atom stereocenters. The molecule has 0 aliphatic heterocycles. The molecule has 11 heteroatoms. The van der Waals surface area contributed by atoms with Crippen LogP contribution in [-0.4, -0.2) is 69.1 Å². The van der Waals surface area contributed by atoms with Gasteiger partial charge in [-0.1, -0.05) is 0 Å². The monoisotopic (exact) mass is 398 g/mol. The van der Waals surface area contributed by atoms with Crippen molar-refractivity contribution < 1.29 is 43.7 Å². The summed E-state index contributed by atoms with van der Waals surface area (Å²) in [6.45, 7) is 0. The minimum Gasteiger partial charge on any atom is -0.481 e. The van der Waals surface area contributed by atoms with E-state index in [4.69, 9.17) is 10.2 Å². The number of aliphatic carboxylic acids is 3. The van der Waals surface area contributed by atoms with Crippen molar-refractivity contribution in [3.8, 4) is 0 Å². The van der Waals surface area contributed by atoms with E-state index in [1.165, 1.54) is 0 Å². The van der Waals surface area contributed by atoms with Crippen LogP contribution in [0.1, 0.15) is 29.6 Å². The molecule has 0 aliphatic rings. The van der Waals surface area contributed by atoms with Crippen molar-refractivity contribution in [2.45, 2.75) is 31.3 Å². The number of nitrogens with zero attached hydrogens (tertiary/aromatic N) is 1. The molecule has 1 aromatic rings. The van der Waals surface area contributed by atoms with E-state index in [0.717, 1.165) is 31.3 Å². The summed E-state index contributed by atoms with van der Waals surface area (Å²) in [5, 5.41) is 29.1. The maximum Gasteiger partial charge on any atom is 0.326 e. The highest BCUT2D eigenvalue weighted by Crippen LogP contribution is 2.11. The lowest BCUT2D eigenvalue weighted by atomic mass is 10.1. The molecule has 28 heavy (non-hydrogen) atoms. The van der Waals surface area contributed by atoms with Crippen molar-refractivity contribution in [2.24, 2.45) is 0 Å². The Kier molecular flexibility index (Phi) is 8.05. The Hall–Kier alpha value is -3.50. The van der Waals surface area contributed by atoms with Crippen molar-refractivity contribution in [2.75, 3.05) is 7.05 Å². The van der Waals surface area contributed by atoms with Gasteiger partial charge in [-0.3, -0.25) is 19.2 Å². The van der Waals surface area contributed by atoms with Crippen molar-refractivity contribution in [1.29, 1.82) is 0 Å². The minimum absolute atomic E-state index is 0.0343. The van der Waals surface area contributed by atoms with Crippen LogP contribution in [0.15, 0.2) is 24.3 Å². The summed E-state index contributed by atoms with van der Waals surface area (Å²) < 4.78 is 12.9. The van der Waals surface area contributed by atoms with E-state index in [-0.39, 0.29) is 5.56 Å². The highest BCUT2D eigenvalue weighted by molar-refractivity contribution is 5.99. The Labute approximate surface area is 158 Å². The van der Waals surface area contributed by atoms with Crippen LogP contribution in [0.5, 0.6) is 0 Å². The molecule has 0 spiro atoms. The number of likely N-dealkylation sites (N-methyl/N-ethyl adjacent to an activating group) is 1. The second kappa shape index (κ2) is 10.00. The van der Waals surface area contributed by atoms with E-state index in [9.17, 15) is 33.5 Å². The SMILES string of the molecule is CN(C(=O)[C@H](CC(=O)O)NC(=O)c1ccc(F)cc1)[C@@H](CCC(=O)O)C(=O)O. The predicted octanol–water partition coefficient (Wildman–Crippen LogP) is 0.175. The predicted molar refractivity (Wildman–Crippen MR) is 91.0 cm³/mol. The fourth-order valence-corrected chi connectivity index (χ4v) is 2.36. The number of carboxylic acid groups (broad SMARTS) is 3. The summed E-state index contributed by atoms with van der Waals surface area (Å²) in [6.07, 6.45) is -1.76. The molecule has 4 N–H and O–H groups in total. The Morgan fingerprint density at radius 3 is 2.07 bits per heavy atom. The van der Waals surface area contributed by atoms with E-state index in [1.54, 1.807) is 0 Å². The van der Waals surface area contributed by atoms with Gasteiger partial charge in [0.05, 0.1) is 6.42 Å². The molecule has 0 aromatic heterocycles. The Bertz CT molecular complexity index is 765. The second-order valence-electron chi connectivity index (χ2n) is 5.87. The maximum absolute atomic E-state index is 12.9. The molecule has 1 rings (SSSR count). The van der Waals surface area contributed by atoms with Gasteiger partial charge in [0.15, 0.2) is 0 Å². The molecule has 152 valence electrons. The zero-order chi connectivity index (χ0) is 21.4. The van der Waals surface area contributed by atoms with E-state index < -0.39 is 66.9 Å². The summed E-state index contributed by atoms with van der Waals surface area (Å²) in [5.41, 5.74) is -0.0343. The lowest BCUT2D eigenvalue weighted by Crippen LogP contribution is -2.53. The number of carboxylic acids is 3. The minimum atomic E-state index is -1.60. The normalized spacial score (nSPS) is 12.5. The van der Waals surface area contributed by atoms with Gasteiger partial charge in [-0.05, 0) is 30.7 Å². The smallest absolute Gasteiger partial charge is 0.326 e. The van der Waals surface area contributed by atoms with Gasteiger partial charge in [-0.2, -0.15) is 0 Å². The van der Waals surface area contributed by atoms with Crippen LogP contribution in [0.4, 0.5) is 4.39 Å². The highest BCUT2D eigenvalue weighted by atomic mass is 19.1. The highest BCUT2D eigenvalue weighted by Gasteiger charge is 2.33. The molecule has 10 nitrogen and oxygen atoms in total. The quantitative estimate of drug-likeness (QED) is 0.434. The van der Waals surface area contributed by atoms with E-state index >= 15 is 0 Å². The lowest BCUT2D eigenvalue weighted by Gasteiger charge is -2.28. The Balaban J connectivity index is 2.99. The number of carbonyl (C=O) groups is 5. The summed E-state index contributed by atoms with van der Waals surface area (Å²) in [4.78, 5) is 58.5. The number of halogens is 1. The van der Waals surface area contributed by atoms with Gasteiger partial charge in [0.2, 0.25) is 5.91 Å². The zero-order valence-electron chi connectivity index (χ0n) is 14.8. The third-order valence-electron chi connectivity index (χ3n) is 3.82. The van der Waals surface area contributed by atoms with Crippen molar-refractivity contribution in [3.63, 3.8) is 0 Å². The van der Waals surface area contributed by atoms with Gasteiger partial charge in [0.1, 0.15) is 17.9 Å². The molecule has 0 heterocycles. The van der Waals surface area contributed by atoms with Crippen LogP contribution in [-0.2, 0) is 19.2 Å². The topological polar surface area (TPSA) is 161 Å². The number of nitrogens with one attached hydrogen (secondary N) is 1. The number of hydrogen-bond donors (Lipinski definition) is 4. The van der Waals surface area contributed by atoms with Gasteiger partial charge in [-0.15, -0.1) is 0 Å². The van der Waals surface area contributed by atoms with Crippen LogP contribution < -0.4 is 5.32 Å².